The minimum atomic E-state index is -0.0412. The summed E-state index contributed by atoms with van der Waals surface area (Å²) in [7, 11) is 0. The fraction of sp³-hybridized carbons (Fsp3) is 0.471. The van der Waals surface area contributed by atoms with Gasteiger partial charge in [-0.2, -0.15) is 10.2 Å². The fourth-order valence-electron chi connectivity index (χ4n) is 2.88. The van der Waals surface area contributed by atoms with Crippen molar-refractivity contribution in [3.63, 3.8) is 0 Å². The molecule has 8 heteroatoms. The zero-order valence-electron chi connectivity index (χ0n) is 13.9. The molecular formula is C17H20N6O2. The quantitative estimate of drug-likeness (QED) is 0.798. The summed E-state index contributed by atoms with van der Waals surface area (Å²) < 4.78 is 5.37. The van der Waals surface area contributed by atoms with Crippen LogP contribution >= 0.6 is 0 Å². The summed E-state index contributed by atoms with van der Waals surface area (Å²) in [5.41, 5.74) is 1.10. The van der Waals surface area contributed by atoms with Crippen LogP contribution in [-0.2, 0) is 4.79 Å². The number of aromatic nitrogens is 4. The molecule has 2 aliphatic rings. The van der Waals surface area contributed by atoms with Gasteiger partial charge in [0.15, 0.2) is 12.4 Å². The first-order valence-electron chi connectivity index (χ1n) is 8.56. The van der Waals surface area contributed by atoms with E-state index in [1.807, 2.05) is 6.07 Å². The third kappa shape index (κ3) is 3.84. The highest BCUT2D eigenvalue weighted by molar-refractivity contribution is 5.78. The molecule has 1 aliphatic carbocycles. The summed E-state index contributed by atoms with van der Waals surface area (Å²) >= 11 is 0. The Labute approximate surface area is 145 Å². The zero-order chi connectivity index (χ0) is 17.1. The predicted molar refractivity (Wildman–Crippen MR) is 90.3 cm³/mol. The Kier molecular flexibility index (Phi) is 4.41. The summed E-state index contributed by atoms with van der Waals surface area (Å²) in [6.07, 6.45) is 4.02. The number of hydrogen-bond donors (Lipinski definition) is 0. The van der Waals surface area contributed by atoms with E-state index >= 15 is 0 Å². The molecule has 130 valence electrons. The maximum Gasteiger partial charge on any atom is 0.260 e. The van der Waals surface area contributed by atoms with Crippen LogP contribution in [0.4, 0.5) is 5.82 Å². The molecule has 0 aromatic carbocycles. The highest BCUT2D eigenvalue weighted by Gasteiger charge is 2.26. The lowest BCUT2D eigenvalue weighted by atomic mass is 10.2. The number of anilines is 1. The number of rotatable bonds is 5. The van der Waals surface area contributed by atoms with E-state index in [0.29, 0.717) is 24.9 Å². The number of hydrogen-bond acceptors (Lipinski definition) is 7. The molecule has 1 saturated carbocycles. The van der Waals surface area contributed by atoms with Gasteiger partial charge in [0.25, 0.3) is 5.91 Å². The van der Waals surface area contributed by atoms with Gasteiger partial charge in [-0.05, 0) is 31.0 Å². The van der Waals surface area contributed by atoms with Crippen LogP contribution < -0.4 is 9.64 Å². The van der Waals surface area contributed by atoms with Gasteiger partial charge in [0.1, 0.15) is 0 Å². The highest BCUT2D eigenvalue weighted by Crippen LogP contribution is 2.38. The first-order valence-corrected chi connectivity index (χ1v) is 8.56. The average molecular weight is 340 g/mol. The van der Waals surface area contributed by atoms with E-state index in [4.69, 9.17) is 4.74 Å². The van der Waals surface area contributed by atoms with Crippen LogP contribution in [0, 0.1) is 0 Å². The molecule has 3 heterocycles. The van der Waals surface area contributed by atoms with E-state index in [-0.39, 0.29) is 12.5 Å². The number of carbonyl (C=O) groups excluding carboxylic acids is 1. The van der Waals surface area contributed by atoms with Crippen molar-refractivity contribution in [1.29, 1.82) is 0 Å². The molecule has 2 aromatic heterocycles. The van der Waals surface area contributed by atoms with Crippen LogP contribution in [0.1, 0.15) is 24.5 Å². The predicted octanol–water partition coefficient (Wildman–Crippen LogP) is 0.872. The third-order valence-electron chi connectivity index (χ3n) is 4.51. The van der Waals surface area contributed by atoms with Gasteiger partial charge in [-0.3, -0.25) is 4.79 Å². The van der Waals surface area contributed by atoms with E-state index in [9.17, 15) is 4.79 Å². The summed E-state index contributed by atoms with van der Waals surface area (Å²) in [4.78, 5) is 16.2. The lowest BCUT2D eigenvalue weighted by Gasteiger charge is -2.35. The molecule has 8 nitrogen and oxygen atoms in total. The number of nitrogens with zero attached hydrogens (tertiary/aromatic N) is 6. The second kappa shape index (κ2) is 7.00. The van der Waals surface area contributed by atoms with E-state index in [1.54, 1.807) is 23.2 Å². The van der Waals surface area contributed by atoms with E-state index in [2.05, 4.69) is 31.4 Å². The van der Waals surface area contributed by atoms with Gasteiger partial charge in [-0.1, -0.05) is 0 Å². The van der Waals surface area contributed by atoms with Gasteiger partial charge < -0.3 is 14.5 Å². The largest absolute Gasteiger partial charge is 0.466 e. The summed E-state index contributed by atoms with van der Waals surface area (Å²) in [5.74, 6) is 1.82. The standard InChI is InChI=1S/C17H20N6O2/c24-17(12-25-16-2-1-7-18-21-16)23-10-8-22(9-11-23)15-6-5-14(19-20-15)13-3-4-13/h1-2,5-7,13H,3-4,8-12H2. The highest BCUT2D eigenvalue weighted by atomic mass is 16.5. The van der Waals surface area contributed by atoms with E-state index in [1.165, 1.54) is 12.8 Å². The van der Waals surface area contributed by atoms with Crippen LogP contribution in [0.25, 0.3) is 0 Å². The SMILES string of the molecule is O=C(COc1cccnn1)N1CCN(c2ccc(C3CC3)nn2)CC1. The first kappa shape index (κ1) is 15.7. The summed E-state index contributed by atoms with van der Waals surface area (Å²) in [6.45, 7) is 2.76. The monoisotopic (exact) mass is 340 g/mol. The molecule has 1 aliphatic heterocycles. The number of carbonyl (C=O) groups is 1. The molecule has 0 radical (unpaired) electrons. The Bertz CT molecular complexity index is 712. The fourth-order valence-corrected chi connectivity index (χ4v) is 2.88. The zero-order valence-corrected chi connectivity index (χ0v) is 13.9. The molecule has 4 rings (SSSR count). The van der Waals surface area contributed by atoms with Crippen molar-refractivity contribution in [2.24, 2.45) is 0 Å². The molecule has 2 aromatic rings. The molecule has 0 N–H and O–H groups in total. The number of amides is 1. The molecule has 0 spiro atoms. The Morgan fingerprint density at radius 1 is 1.08 bits per heavy atom. The first-order chi connectivity index (χ1) is 12.3. The lowest BCUT2D eigenvalue weighted by Crippen LogP contribution is -2.50. The van der Waals surface area contributed by atoms with Gasteiger partial charge in [0.05, 0.1) is 5.69 Å². The van der Waals surface area contributed by atoms with Crippen molar-refractivity contribution in [1.82, 2.24) is 25.3 Å². The molecule has 2 fully saturated rings. The van der Waals surface area contributed by atoms with Crippen molar-refractivity contribution < 1.29 is 9.53 Å². The van der Waals surface area contributed by atoms with Crippen molar-refractivity contribution in [3.8, 4) is 5.88 Å². The van der Waals surface area contributed by atoms with Gasteiger partial charge in [0.2, 0.25) is 5.88 Å². The van der Waals surface area contributed by atoms with Gasteiger partial charge in [0, 0.05) is 44.4 Å². The van der Waals surface area contributed by atoms with Crippen LogP contribution in [-0.4, -0.2) is 64.0 Å². The van der Waals surface area contributed by atoms with Crippen LogP contribution in [0.2, 0.25) is 0 Å². The van der Waals surface area contributed by atoms with Crippen LogP contribution in [0.15, 0.2) is 30.5 Å². The molecule has 0 bridgehead atoms. The summed E-state index contributed by atoms with van der Waals surface area (Å²) in [6, 6.07) is 7.52. The molecule has 1 saturated heterocycles. The number of ether oxygens (including phenoxy) is 1. The van der Waals surface area contributed by atoms with Gasteiger partial charge in [-0.25, -0.2) is 0 Å². The van der Waals surface area contributed by atoms with Crippen molar-refractivity contribution in [2.45, 2.75) is 18.8 Å². The van der Waals surface area contributed by atoms with Crippen molar-refractivity contribution in [3.05, 3.63) is 36.2 Å². The smallest absolute Gasteiger partial charge is 0.260 e. The van der Waals surface area contributed by atoms with Gasteiger partial charge >= 0.3 is 0 Å². The van der Waals surface area contributed by atoms with Crippen LogP contribution in [0.3, 0.4) is 0 Å². The second-order valence-corrected chi connectivity index (χ2v) is 6.31. The minimum absolute atomic E-state index is 0.0193. The van der Waals surface area contributed by atoms with Crippen molar-refractivity contribution in [2.75, 3.05) is 37.7 Å². The maximum absolute atomic E-state index is 12.2. The topological polar surface area (TPSA) is 84.3 Å². The molecule has 1 amide bonds. The lowest BCUT2D eigenvalue weighted by molar-refractivity contribution is -0.133. The average Bonchev–Trinajstić information content (AvgIpc) is 3.53. The molecule has 0 atom stereocenters. The third-order valence-corrected chi connectivity index (χ3v) is 4.51. The minimum Gasteiger partial charge on any atom is -0.466 e. The Balaban J connectivity index is 1.26. The Hall–Kier alpha value is -2.77. The normalized spacial score (nSPS) is 17.4. The molecule has 0 unspecified atom stereocenters. The van der Waals surface area contributed by atoms with Gasteiger partial charge in [-0.15, -0.1) is 10.2 Å². The molecule has 25 heavy (non-hydrogen) atoms. The van der Waals surface area contributed by atoms with Crippen molar-refractivity contribution >= 4 is 11.7 Å². The number of piperazine rings is 1. The Morgan fingerprint density at radius 3 is 2.56 bits per heavy atom. The summed E-state index contributed by atoms with van der Waals surface area (Å²) in [5, 5.41) is 16.2. The van der Waals surface area contributed by atoms with E-state index in [0.717, 1.165) is 24.6 Å². The second-order valence-electron chi connectivity index (χ2n) is 6.31. The van der Waals surface area contributed by atoms with Crippen LogP contribution in [0.5, 0.6) is 5.88 Å². The maximum atomic E-state index is 12.2. The molecular weight excluding hydrogens is 320 g/mol. The Morgan fingerprint density at radius 2 is 1.92 bits per heavy atom. The van der Waals surface area contributed by atoms with E-state index < -0.39 is 0 Å².